The summed E-state index contributed by atoms with van der Waals surface area (Å²) in [4.78, 5) is 33.5. The molecule has 0 aliphatic carbocycles. The van der Waals surface area contributed by atoms with Crippen LogP contribution in [0.2, 0.25) is 0 Å². The largest absolute Gasteiger partial charge is 0.465 e. The Bertz CT molecular complexity index is 1270. The van der Waals surface area contributed by atoms with E-state index >= 15 is 0 Å². The van der Waals surface area contributed by atoms with Crippen LogP contribution in [0.4, 0.5) is 0 Å². The number of carbonyl (C=O) groups excluding carboxylic acids is 2. The minimum atomic E-state index is -1.24. The van der Waals surface area contributed by atoms with Crippen LogP contribution in [0.3, 0.4) is 0 Å². The second-order valence-electron chi connectivity index (χ2n) is 8.85. The Balaban J connectivity index is 2.05. The van der Waals surface area contributed by atoms with Crippen molar-refractivity contribution in [3.8, 4) is 10.4 Å². The highest BCUT2D eigenvalue weighted by Crippen LogP contribution is 2.52. The van der Waals surface area contributed by atoms with E-state index < -0.39 is 23.3 Å². The summed E-state index contributed by atoms with van der Waals surface area (Å²) in [7, 11) is 0. The quantitative estimate of drug-likeness (QED) is 0.426. The van der Waals surface area contributed by atoms with E-state index in [0.29, 0.717) is 16.3 Å². The van der Waals surface area contributed by atoms with E-state index in [1.807, 2.05) is 81.4 Å². The third-order valence-electron chi connectivity index (χ3n) is 6.72. The van der Waals surface area contributed by atoms with Crippen LogP contribution in [0, 0.1) is 6.92 Å². The van der Waals surface area contributed by atoms with Crippen molar-refractivity contribution in [2.45, 2.75) is 52.0 Å². The molecule has 3 aromatic rings. The van der Waals surface area contributed by atoms with Crippen molar-refractivity contribution < 1.29 is 19.1 Å². The zero-order chi connectivity index (χ0) is 25.9. The van der Waals surface area contributed by atoms with Crippen molar-refractivity contribution in [2.75, 3.05) is 13.2 Å². The summed E-state index contributed by atoms with van der Waals surface area (Å²) in [5.41, 5.74) is 2.49. The molecule has 3 unspecified atom stereocenters. The topological polar surface area (TPSA) is 77.5 Å². The Morgan fingerprint density at radius 3 is 2.19 bits per heavy atom. The average Bonchev–Trinajstić information content (AvgIpc) is 3.26. The highest BCUT2D eigenvalue weighted by atomic mass is 32.1. The molecule has 1 aliphatic rings. The van der Waals surface area contributed by atoms with Gasteiger partial charge < -0.3 is 14.8 Å². The number of hydrogen-bond acceptors (Lipinski definition) is 7. The van der Waals surface area contributed by atoms with E-state index in [-0.39, 0.29) is 19.3 Å². The van der Waals surface area contributed by atoms with Crippen LogP contribution in [0.15, 0.2) is 71.9 Å². The number of nitrogens with zero attached hydrogens (tertiary/aromatic N) is 1. The third kappa shape index (κ3) is 4.32. The Kier molecular flexibility index (Phi) is 7.59. The highest BCUT2D eigenvalue weighted by molar-refractivity contribution is 7.15. The minimum absolute atomic E-state index is 0.219. The molecule has 0 amide bonds. The van der Waals surface area contributed by atoms with Gasteiger partial charge in [-0.2, -0.15) is 0 Å². The summed E-state index contributed by atoms with van der Waals surface area (Å²) < 4.78 is 11.2. The summed E-state index contributed by atoms with van der Waals surface area (Å²) in [6.45, 7) is 9.79. The number of nitrogens with one attached hydrogen (secondary N) is 1. The lowest BCUT2D eigenvalue weighted by molar-refractivity contribution is -0.153. The molecule has 0 fully saturated rings. The van der Waals surface area contributed by atoms with Gasteiger partial charge in [0.1, 0.15) is 10.4 Å². The maximum Gasteiger partial charge on any atom is 0.336 e. The Hall–Kier alpha value is -3.45. The lowest BCUT2D eigenvalue weighted by atomic mass is 9.61. The Labute approximate surface area is 216 Å². The number of esters is 2. The van der Waals surface area contributed by atoms with E-state index in [2.05, 4.69) is 5.32 Å². The smallest absolute Gasteiger partial charge is 0.336 e. The first-order chi connectivity index (χ1) is 17.4. The number of hydrogen-bond donors (Lipinski definition) is 1. The standard InChI is InChI=1S/C29H32N2O4S/c1-6-34-27(32)23-18(3)30-20(5)29(28(33)35-7-2,22-16-12-9-13-17-22)24(23)26-31-19(4)25(36-26)21-14-10-8-11-15-21/h8-17,20,24,30H,6-7H2,1-5H3. The predicted octanol–water partition coefficient (Wildman–Crippen LogP) is 5.53. The molecule has 4 rings (SSSR count). The number of ether oxygens (including phenoxy) is 2. The fraction of sp³-hybridized carbons (Fsp3) is 0.345. The van der Waals surface area contributed by atoms with Gasteiger partial charge in [-0.1, -0.05) is 60.7 Å². The molecule has 1 aliphatic heterocycles. The predicted molar refractivity (Wildman–Crippen MR) is 142 cm³/mol. The van der Waals surface area contributed by atoms with Gasteiger partial charge in [0.05, 0.1) is 35.3 Å². The molecule has 2 heterocycles. The van der Waals surface area contributed by atoms with Gasteiger partial charge in [-0.15, -0.1) is 11.3 Å². The van der Waals surface area contributed by atoms with Gasteiger partial charge in [0.25, 0.3) is 0 Å². The lowest BCUT2D eigenvalue weighted by Gasteiger charge is -2.47. The molecular weight excluding hydrogens is 472 g/mol. The molecule has 0 bridgehead atoms. The molecule has 7 heteroatoms. The van der Waals surface area contributed by atoms with Crippen LogP contribution in [0.1, 0.15) is 49.9 Å². The number of allylic oxidation sites excluding steroid dienone is 1. The SMILES string of the molecule is CCOC(=O)C1=C(C)NC(C)C(C(=O)OCC)(c2ccccc2)C1c1nc(C)c(-c2ccccc2)s1. The molecule has 0 saturated heterocycles. The second kappa shape index (κ2) is 10.7. The molecular formula is C29H32N2O4S. The first kappa shape index (κ1) is 25.6. The molecule has 6 nitrogen and oxygen atoms in total. The molecule has 0 radical (unpaired) electrons. The van der Waals surface area contributed by atoms with E-state index in [1.165, 1.54) is 11.3 Å². The van der Waals surface area contributed by atoms with Crippen molar-refractivity contribution in [3.05, 3.63) is 88.2 Å². The van der Waals surface area contributed by atoms with Crippen molar-refractivity contribution in [3.63, 3.8) is 0 Å². The molecule has 0 saturated carbocycles. The third-order valence-corrected chi connectivity index (χ3v) is 7.99. The van der Waals surface area contributed by atoms with Gasteiger partial charge in [-0.25, -0.2) is 9.78 Å². The van der Waals surface area contributed by atoms with Crippen molar-refractivity contribution in [2.24, 2.45) is 0 Å². The summed E-state index contributed by atoms with van der Waals surface area (Å²) in [6.07, 6.45) is 0. The van der Waals surface area contributed by atoms with Crippen LogP contribution < -0.4 is 5.32 Å². The Morgan fingerprint density at radius 2 is 1.58 bits per heavy atom. The fourth-order valence-electron chi connectivity index (χ4n) is 5.20. The van der Waals surface area contributed by atoms with E-state index in [4.69, 9.17) is 14.5 Å². The van der Waals surface area contributed by atoms with Gasteiger partial charge in [0.2, 0.25) is 0 Å². The van der Waals surface area contributed by atoms with E-state index in [9.17, 15) is 9.59 Å². The van der Waals surface area contributed by atoms with Crippen LogP contribution in [0.5, 0.6) is 0 Å². The Morgan fingerprint density at radius 1 is 0.972 bits per heavy atom. The summed E-state index contributed by atoms with van der Waals surface area (Å²) in [6, 6.07) is 19.2. The van der Waals surface area contributed by atoms with Gasteiger partial charge in [-0.05, 0) is 45.7 Å². The zero-order valence-corrected chi connectivity index (χ0v) is 22.1. The number of benzene rings is 2. The van der Waals surface area contributed by atoms with Gasteiger partial charge >= 0.3 is 11.9 Å². The van der Waals surface area contributed by atoms with Crippen molar-refractivity contribution in [1.82, 2.24) is 10.3 Å². The maximum absolute atomic E-state index is 14.0. The molecule has 2 aromatic carbocycles. The van der Waals surface area contributed by atoms with E-state index in [1.54, 1.807) is 13.8 Å². The zero-order valence-electron chi connectivity index (χ0n) is 21.3. The molecule has 0 spiro atoms. The number of thiazole rings is 1. The number of aromatic nitrogens is 1. The second-order valence-corrected chi connectivity index (χ2v) is 9.88. The van der Waals surface area contributed by atoms with E-state index in [0.717, 1.165) is 21.7 Å². The monoisotopic (exact) mass is 504 g/mol. The van der Waals surface area contributed by atoms with Crippen LogP contribution in [-0.2, 0) is 24.5 Å². The molecule has 1 N–H and O–H groups in total. The lowest BCUT2D eigenvalue weighted by Crippen LogP contribution is -2.60. The molecule has 3 atom stereocenters. The summed E-state index contributed by atoms with van der Waals surface area (Å²) >= 11 is 1.51. The van der Waals surface area contributed by atoms with Crippen LogP contribution >= 0.6 is 11.3 Å². The fourth-order valence-corrected chi connectivity index (χ4v) is 6.46. The van der Waals surface area contributed by atoms with Gasteiger partial charge in [-0.3, -0.25) is 4.79 Å². The van der Waals surface area contributed by atoms with Gasteiger partial charge in [0, 0.05) is 11.7 Å². The number of carbonyl (C=O) groups is 2. The van der Waals surface area contributed by atoms with Crippen LogP contribution in [0.25, 0.3) is 10.4 Å². The molecule has 36 heavy (non-hydrogen) atoms. The number of rotatable bonds is 7. The number of aryl methyl sites for hydroxylation is 1. The highest BCUT2D eigenvalue weighted by Gasteiger charge is 2.59. The van der Waals surface area contributed by atoms with Crippen LogP contribution in [-0.4, -0.2) is 36.2 Å². The van der Waals surface area contributed by atoms with Crippen molar-refractivity contribution in [1.29, 1.82) is 0 Å². The first-order valence-corrected chi connectivity index (χ1v) is 13.1. The van der Waals surface area contributed by atoms with Crippen molar-refractivity contribution >= 4 is 23.3 Å². The average molecular weight is 505 g/mol. The molecule has 1 aromatic heterocycles. The summed E-state index contributed by atoms with van der Waals surface area (Å²) in [5, 5.41) is 4.08. The normalized spacial score (nSPS) is 21.6. The van der Waals surface area contributed by atoms with Gasteiger partial charge in [0.15, 0.2) is 0 Å². The minimum Gasteiger partial charge on any atom is -0.465 e. The molecule has 188 valence electrons. The summed E-state index contributed by atoms with van der Waals surface area (Å²) in [5.74, 6) is -1.56. The first-order valence-electron chi connectivity index (χ1n) is 12.3. The maximum atomic E-state index is 14.0.